The van der Waals surface area contributed by atoms with Crippen LogP contribution >= 0.6 is 11.3 Å². The average Bonchev–Trinajstić information content (AvgIpc) is 3.18. The zero-order chi connectivity index (χ0) is 20.7. The van der Waals surface area contributed by atoms with Crippen LogP contribution in [0.1, 0.15) is 62.8 Å². The van der Waals surface area contributed by atoms with Crippen molar-refractivity contribution < 1.29 is 8.42 Å². The lowest BCUT2D eigenvalue weighted by Crippen LogP contribution is -2.22. The van der Waals surface area contributed by atoms with Gasteiger partial charge in [-0.3, -0.25) is 4.90 Å². The van der Waals surface area contributed by atoms with Gasteiger partial charge in [0.05, 0.1) is 28.3 Å². The van der Waals surface area contributed by atoms with Gasteiger partial charge in [0, 0.05) is 25.0 Å². The first kappa shape index (κ1) is 23.0. The molecule has 2 rings (SSSR count). The minimum atomic E-state index is -3.36. The van der Waals surface area contributed by atoms with Gasteiger partial charge in [0.1, 0.15) is 0 Å². The molecule has 0 atom stereocenters. The molecule has 0 spiro atoms. The van der Waals surface area contributed by atoms with Crippen LogP contribution in [0.2, 0.25) is 0 Å². The van der Waals surface area contributed by atoms with Crippen molar-refractivity contribution in [3.8, 4) is 0 Å². The smallest absolute Gasteiger partial charge is 0.227 e. The van der Waals surface area contributed by atoms with Gasteiger partial charge >= 0.3 is 0 Å². The molecule has 28 heavy (non-hydrogen) atoms. The quantitative estimate of drug-likeness (QED) is 0.506. The van der Waals surface area contributed by atoms with Gasteiger partial charge in [-0.15, -0.1) is 11.3 Å². The van der Waals surface area contributed by atoms with Crippen molar-refractivity contribution in [1.82, 2.24) is 19.4 Å². The summed E-state index contributed by atoms with van der Waals surface area (Å²) in [7, 11) is -1.33. The van der Waals surface area contributed by atoms with Gasteiger partial charge in [-0.05, 0) is 39.2 Å². The number of thiazole rings is 1. The Morgan fingerprint density at radius 1 is 1.25 bits per heavy atom. The lowest BCUT2D eigenvalue weighted by Gasteiger charge is -2.18. The van der Waals surface area contributed by atoms with Crippen molar-refractivity contribution in [1.29, 1.82) is 0 Å². The summed E-state index contributed by atoms with van der Waals surface area (Å²) in [6.07, 6.45) is 5.27. The van der Waals surface area contributed by atoms with Crippen LogP contribution in [0.4, 0.5) is 0 Å². The third-order valence-electron chi connectivity index (χ3n) is 4.64. The largest absolute Gasteiger partial charge is 0.318 e. The molecular weight excluding hydrogens is 392 g/mol. The molecule has 0 unspecified atom stereocenters. The Balaban J connectivity index is 2.15. The van der Waals surface area contributed by atoms with Crippen LogP contribution in [0.5, 0.6) is 0 Å². The number of aryl methyl sites for hydroxylation is 1. The van der Waals surface area contributed by atoms with Crippen molar-refractivity contribution in [2.24, 2.45) is 5.92 Å². The lowest BCUT2D eigenvalue weighted by molar-refractivity contribution is 0.304. The second kappa shape index (κ2) is 10.5. The second-order valence-corrected chi connectivity index (χ2v) is 11.0. The van der Waals surface area contributed by atoms with Gasteiger partial charge in [0.25, 0.3) is 0 Å². The van der Waals surface area contributed by atoms with E-state index in [-0.39, 0.29) is 10.9 Å². The standard InChI is InChI=1S/C20H34N4O2S2/c1-6-7-10-24-19(14-23(5)13-18-15-27-17(4)22-18)12-21-20(24)28(25,26)11-8-9-16(2)3/h12,15-16H,6-11,13-14H2,1-5H3. The highest BCUT2D eigenvalue weighted by molar-refractivity contribution is 7.91. The first-order valence-corrected chi connectivity index (χ1v) is 12.6. The Bertz CT molecular complexity index is 840. The zero-order valence-corrected chi connectivity index (χ0v) is 19.4. The van der Waals surface area contributed by atoms with Crippen LogP contribution in [-0.4, -0.2) is 40.7 Å². The summed E-state index contributed by atoms with van der Waals surface area (Å²) in [4.78, 5) is 11.0. The molecule has 2 aromatic rings. The number of hydrogen-bond donors (Lipinski definition) is 0. The Hall–Kier alpha value is -1.25. The van der Waals surface area contributed by atoms with Gasteiger partial charge in [-0.1, -0.05) is 27.2 Å². The van der Waals surface area contributed by atoms with E-state index in [9.17, 15) is 8.42 Å². The fourth-order valence-corrected chi connectivity index (χ4v) is 5.28. The summed E-state index contributed by atoms with van der Waals surface area (Å²) >= 11 is 1.65. The van der Waals surface area contributed by atoms with Crippen LogP contribution in [0.3, 0.4) is 0 Å². The van der Waals surface area contributed by atoms with E-state index in [1.54, 1.807) is 17.5 Å². The van der Waals surface area contributed by atoms with Crippen molar-refractivity contribution >= 4 is 21.2 Å². The monoisotopic (exact) mass is 426 g/mol. The molecular formula is C20H34N4O2S2. The highest BCUT2D eigenvalue weighted by Gasteiger charge is 2.23. The minimum absolute atomic E-state index is 0.168. The highest BCUT2D eigenvalue weighted by atomic mass is 32.2. The number of aromatic nitrogens is 3. The van der Waals surface area contributed by atoms with Crippen LogP contribution < -0.4 is 0 Å². The Labute approximate surface area is 173 Å². The van der Waals surface area contributed by atoms with E-state index < -0.39 is 9.84 Å². The molecule has 0 amide bonds. The molecule has 6 nitrogen and oxygen atoms in total. The second-order valence-electron chi connectivity index (χ2n) is 7.92. The molecule has 0 radical (unpaired) electrons. The van der Waals surface area contributed by atoms with Gasteiger partial charge in [-0.25, -0.2) is 18.4 Å². The molecule has 0 bridgehead atoms. The number of hydrogen-bond acceptors (Lipinski definition) is 6. The summed E-state index contributed by atoms with van der Waals surface area (Å²) in [5, 5.41) is 3.37. The van der Waals surface area contributed by atoms with E-state index in [0.29, 0.717) is 25.4 Å². The van der Waals surface area contributed by atoms with Gasteiger partial charge in [-0.2, -0.15) is 0 Å². The molecule has 0 aliphatic heterocycles. The van der Waals surface area contributed by atoms with Crippen molar-refractivity contribution in [2.75, 3.05) is 12.8 Å². The Morgan fingerprint density at radius 3 is 2.61 bits per heavy atom. The molecule has 158 valence electrons. The third-order valence-corrected chi connectivity index (χ3v) is 7.17. The molecule has 0 N–H and O–H groups in total. The van der Waals surface area contributed by atoms with Crippen LogP contribution in [0.15, 0.2) is 16.7 Å². The SMILES string of the molecule is CCCCn1c(CN(C)Cc2csc(C)n2)cnc1S(=O)(=O)CCCC(C)C. The summed E-state index contributed by atoms with van der Waals surface area (Å²) in [6.45, 7) is 10.4. The predicted octanol–water partition coefficient (Wildman–Crippen LogP) is 4.29. The molecule has 2 heterocycles. The highest BCUT2D eigenvalue weighted by Crippen LogP contribution is 2.19. The molecule has 0 fully saturated rings. The topological polar surface area (TPSA) is 68.1 Å². The Morgan fingerprint density at radius 2 is 2.00 bits per heavy atom. The molecule has 8 heteroatoms. The van der Waals surface area contributed by atoms with Gasteiger partial charge in [0.2, 0.25) is 15.0 Å². The molecule has 2 aromatic heterocycles. The van der Waals surface area contributed by atoms with Gasteiger partial charge < -0.3 is 4.57 Å². The van der Waals surface area contributed by atoms with E-state index in [0.717, 1.165) is 42.2 Å². The van der Waals surface area contributed by atoms with Crippen LogP contribution in [-0.2, 0) is 29.5 Å². The number of imidazole rings is 1. The lowest BCUT2D eigenvalue weighted by atomic mass is 10.1. The summed E-state index contributed by atoms with van der Waals surface area (Å²) in [6, 6.07) is 0. The molecule has 0 saturated carbocycles. The van der Waals surface area contributed by atoms with Crippen LogP contribution in [0.25, 0.3) is 0 Å². The van der Waals surface area contributed by atoms with Gasteiger partial charge in [0.15, 0.2) is 0 Å². The third kappa shape index (κ3) is 6.67. The van der Waals surface area contributed by atoms with Crippen molar-refractivity contribution in [3.63, 3.8) is 0 Å². The molecule has 0 aliphatic carbocycles. The summed E-state index contributed by atoms with van der Waals surface area (Å²) in [5.41, 5.74) is 2.00. The fraction of sp³-hybridized carbons (Fsp3) is 0.700. The average molecular weight is 427 g/mol. The minimum Gasteiger partial charge on any atom is -0.318 e. The van der Waals surface area contributed by atoms with E-state index >= 15 is 0 Å². The predicted molar refractivity (Wildman–Crippen MR) is 115 cm³/mol. The summed E-state index contributed by atoms with van der Waals surface area (Å²) in [5.74, 6) is 0.676. The van der Waals surface area contributed by atoms with Crippen molar-refractivity contribution in [2.45, 2.75) is 78.2 Å². The zero-order valence-electron chi connectivity index (χ0n) is 17.8. The summed E-state index contributed by atoms with van der Waals surface area (Å²) < 4.78 is 27.7. The van der Waals surface area contributed by atoms with E-state index in [4.69, 9.17) is 0 Å². The maximum atomic E-state index is 12.9. The van der Waals surface area contributed by atoms with Crippen LogP contribution in [0, 0.1) is 12.8 Å². The molecule has 0 aliphatic rings. The molecule has 0 aromatic carbocycles. The number of sulfone groups is 1. The van der Waals surface area contributed by atoms with Crippen molar-refractivity contribution in [3.05, 3.63) is 28.0 Å². The molecule has 0 saturated heterocycles. The maximum Gasteiger partial charge on any atom is 0.227 e. The number of rotatable bonds is 12. The van der Waals surface area contributed by atoms with E-state index in [1.165, 1.54) is 0 Å². The van der Waals surface area contributed by atoms with E-state index in [1.807, 2.05) is 18.5 Å². The maximum absolute atomic E-state index is 12.9. The first-order valence-electron chi connectivity index (χ1n) is 10.1. The fourth-order valence-electron chi connectivity index (χ4n) is 3.18. The first-order chi connectivity index (χ1) is 13.2. The normalized spacial score (nSPS) is 12.4. The Kier molecular flexibility index (Phi) is 8.64. The van der Waals surface area contributed by atoms with E-state index in [2.05, 4.69) is 41.0 Å². The number of nitrogens with zero attached hydrogens (tertiary/aromatic N) is 4. The number of unbranched alkanes of at least 4 members (excludes halogenated alkanes) is 1.